The van der Waals surface area contributed by atoms with E-state index in [-0.39, 0.29) is 6.04 Å². The second-order valence-electron chi connectivity index (χ2n) is 3.79. The molecule has 0 radical (unpaired) electrons. The number of nitriles is 1. The molecule has 1 rings (SSSR count). The van der Waals surface area contributed by atoms with Crippen molar-refractivity contribution in [2.24, 2.45) is 0 Å². The van der Waals surface area contributed by atoms with Crippen molar-refractivity contribution >= 4 is 0 Å². The number of aliphatic hydroxyl groups excluding tert-OH is 1. The van der Waals surface area contributed by atoms with Gasteiger partial charge >= 0.3 is 0 Å². The lowest BCUT2D eigenvalue weighted by Crippen LogP contribution is -2.31. The maximum atomic E-state index is 9.91. The van der Waals surface area contributed by atoms with Crippen molar-refractivity contribution in [2.45, 2.75) is 25.5 Å². The molecule has 0 saturated heterocycles. The predicted octanol–water partition coefficient (Wildman–Crippen LogP) is 1.59. The predicted molar refractivity (Wildman–Crippen MR) is 67.0 cm³/mol. The van der Waals surface area contributed by atoms with Crippen molar-refractivity contribution in [1.29, 1.82) is 5.26 Å². The number of hydrogen-bond acceptors (Lipinski definition) is 3. The van der Waals surface area contributed by atoms with Crippen LogP contribution in [0.2, 0.25) is 0 Å². The van der Waals surface area contributed by atoms with E-state index in [0.29, 0.717) is 12.1 Å². The number of nitrogens with one attached hydrogen (secondary N) is 1. The van der Waals surface area contributed by atoms with Gasteiger partial charge in [0.2, 0.25) is 0 Å². The molecular weight excluding hydrogens is 212 g/mol. The average molecular weight is 228 g/mol. The minimum atomic E-state index is -0.606. The van der Waals surface area contributed by atoms with E-state index < -0.39 is 6.10 Å². The number of nitrogens with zero attached hydrogens (tertiary/aromatic N) is 1. The number of terminal acetylenes is 1. The lowest BCUT2D eigenvalue weighted by atomic mass is 10.1. The van der Waals surface area contributed by atoms with Gasteiger partial charge in [0.05, 0.1) is 23.8 Å². The van der Waals surface area contributed by atoms with E-state index in [2.05, 4.69) is 11.2 Å². The highest BCUT2D eigenvalue weighted by molar-refractivity contribution is 5.32. The molecule has 3 heteroatoms. The Hall–Kier alpha value is -1.81. The first kappa shape index (κ1) is 13.3. The highest BCUT2D eigenvalue weighted by atomic mass is 16.3. The van der Waals surface area contributed by atoms with Crippen LogP contribution in [0.25, 0.3) is 0 Å². The van der Waals surface area contributed by atoms with E-state index in [1.165, 1.54) is 0 Å². The van der Waals surface area contributed by atoms with Gasteiger partial charge in [-0.05, 0) is 24.1 Å². The molecule has 0 saturated carbocycles. The van der Waals surface area contributed by atoms with E-state index in [0.717, 1.165) is 12.0 Å². The van der Waals surface area contributed by atoms with Crippen LogP contribution in [0.15, 0.2) is 24.3 Å². The van der Waals surface area contributed by atoms with Gasteiger partial charge in [0.15, 0.2) is 0 Å². The minimum Gasteiger partial charge on any atom is -0.387 e. The Bertz CT molecular complexity index is 425. The van der Waals surface area contributed by atoms with Crippen LogP contribution in [0.3, 0.4) is 0 Å². The Labute approximate surface area is 102 Å². The molecule has 88 valence electrons. The van der Waals surface area contributed by atoms with Gasteiger partial charge < -0.3 is 10.4 Å². The maximum absolute atomic E-state index is 9.91. The van der Waals surface area contributed by atoms with Crippen LogP contribution in [-0.2, 0) is 0 Å². The maximum Gasteiger partial charge on any atom is 0.0991 e. The monoisotopic (exact) mass is 228 g/mol. The lowest BCUT2D eigenvalue weighted by Gasteiger charge is -2.15. The molecule has 1 aromatic rings. The van der Waals surface area contributed by atoms with Gasteiger partial charge in [0, 0.05) is 6.54 Å². The third kappa shape index (κ3) is 3.92. The third-order valence-electron chi connectivity index (χ3n) is 2.59. The van der Waals surface area contributed by atoms with Crippen LogP contribution in [-0.4, -0.2) is 17.7 Å². The first-order valence-electron chi connectivity index (χ1n) is 5.59. The van der Waals surface area contributed by atoms with Crippen molar-refractivity contribution < 1.29 is 5.11 Å². The number of rotatable bonds is 5. The van der Waals surface area contributed by atoms with E-state index in [4.69, 9.17) is 11.7 Å². The fraction of sp³-hybridized carbons (Fsp3) is 0.357. The van der Waals surface area contributed by atoms with Crippen LogP contribution in [0.5, 0.6) is 0 Å². The molecule has 0 amide bonds. The Morgan fingerprint density at radius 2 is 2.06 bits per heavy atom. The Kier molecular flexibility index (Phi) is 5.23. The summed E-state index contributed by atoms with van der Waals surface area (Å²) in [6.07, 6.45) is 5.54. The molecule has 0 heterocycles. The highest BCUT2D eigenvalue weighted by Gasteiger charge is 2.09. The SMILES string of the molecule is C#CC(CC)NCC(O)c1ccc(C#N)cc1. The third-order valence-corrected chi connectivity index (χ3v) is 2.59. The van der Waals surface area contributed by atoms with Crippen LogP contribution < -0.4 is 5.32 Å². The minimum absolute atomic E-state index is 0.0111. The molecule has 0 aliphatic heterocycles. The summed E-state index contributed by atoms with van der Waals surface area (Å²) in [5, 5.41) is 21.7. The van der Waals surface area contributed by atoms with Gasteiger partial charge in [-0.2, -0.15) is 5.26 Å². The topological polar surface area (TPSA) is 56.0 Å². The number of aliphatic hydroxyl groups is 1. The fourth-order valence-corrected chi connectivity index (χ4v) is 1.47. The Balaban J connectivity index is 2.55. The summed E-state index contributed by atoms with van der Waals surface area (Å²) < 4.78 is 0. The van der Waals surface area contributed by atoms with Crippen molar-refractivity contribution in [3.63, 3.8) is 0 Å². The molecule has 0 aliphatic carbocycles. The smallest absolute Gasteiger partial charge is 0.0991 e. The molecule has 3 nitrogen and oxygen atoms in total. The zero-order chi connectivity index (χ0) is 12.7. The molecule has 0 aromatic heterocycles. The molecule has 0 spiro atoms. The molecule has 2 unspecified atom stereocenters. The van der Waals surface area contributed by atoms with Crippen LogP contribution in [0, 0.1) is 23.7 Å². The van der Waals surface area contributed by atoms with E-state index in [1.807, 2.05) is 13.0 Å². The summed E-state index contributed by atoms with van der Waals surface area (Å²) in [7, 11) is 0. The average Bonchev–Trinajstić information content (AvgIpc) is 2.39. The van der Waals surface area contributed by atoms with Gasteiger partial charge in [0.1, 0.15) is 0 Å². The molecule has 2 N–H and O–H groups in total. The second kappa shape index (κ2) is 6.70. The zero-order valence-corrected chi connectivity index (χ0v) is 9.85. The standard InChI is InChI=1S/C14H16N2O/c1-3-13(4-2)16-10-14(17)12-7-5-11(9-15)6-8-12/h1,5-8,13-14,16-17H,4,10H2,2H3. The first-order valence-corrected chi connectivity index (χ1v) is 5.59. The van der Waals surface area contributed by atoms with Crippen molar-refractivity contribution in [3.05, 3.63) is 35.4 Å². The molecular formula is C14H16N2O. The van der Waals surface area contributed by atoms with Gasteiger partial charge in [-0.15, -0.1) is 6.42 Å². The summed E-state index contributed by atoms with van der Waals surface area (Å²) in [5.41, 5.74) is 1.37. The molecule has 2 atom stereocenters. The molecule has 1 aromatic carbocycles. The second-order valence-corrected chi connectivity index (χ2v) is 3.79. The van der Waals surface area contributed by atoms with E-state index in [1.54, 1.807) is 24.3 Å². The zero-order valence-electron chi connectivity index (χ0n) is 9.85. The fourth-order valence-electron chi connectivity index (χ4n) is 1.47. The molecule has 0 aliphatic rings. The van der Waals surface area contributed by atoms with E-state index >= 15 is 0 Å². The van der Waals surface area contributed by atoms with Gasteiger partial charge in [-0.1, -0.05) is 25.0 Å². The summed E-state index contributed by atoms with van der Waals surface area (Å²) in [6, 6.07) is 8.91. The highest BCUT2D eigenvalue weighted by Crippen LogP contribution is 2.12. The largest absolute Gasteiger partial charge is 0.387 e. The van der Waals surface area contributed by atoms with Crippen molar-refractivity contribution in [1.82, 2.24) is 5.32 Å². The Morgan fingerprint density at radius 1 is 1.41 bits per heavy atom. The van der Waals surface area contributed by atoms with Gasteiger partial charge in [-0.3, -0.25) is 0 Å². The quantitative estimate of drug-likeness (QED) is 0.752. The summed E-state index contributed by atoms with van der Waals surface area (Å²) in [5.74, 6) is 2.61. The van der Waals surface area contributed by atoms with Gasteiger partial charge in [-0.25, -0.2) is 0 Å². The number of hydrogen-bond donors (Lipinski definition) is 2. The van der Waals surface area contributed by atoms with E-state index in [9.17, 15) is 5.11 Å². The van der Waals surface area contributed by atoms with Crippen LogP contribution in [0.1, 0.15) is 30.6 Å². The normalized spacial score (nSPS) is 13.4. The molecule has 0 bridgehead atoms. The Morgan fingerprint density at radius 3 is 2.53 bits per heavy atom. The summed E-state index contributed by atoms with van der Waals surface area (Å²) in [6.45, 7) is 2.40. The van der Waals surface area contributed by atoms with Crippen LogP contribution in [0.4, 0.5) is 0 Å². The molecule has 17 heavy (non-hydrogen) atoms. The van der Waals surface area contributed by atoms with Crippen LogP contribution >= 0.6 is 0 Å². The summed E-state index contributed by atoms with van der Waals surface area (Å²) in [4.78, 5) is 0. The summed E-state index contributed by atoms with van der Waals surface area (Å²) >= 11 is 0. The van der Waals surface area contributed by atoms with Gasteiger partial charge in [0.25, 0.3) is 0 Å². The van der Waals surface area contributed by atoms with Crippen molar-refractivity contribution in [2.75, 3.05) is 6.54 Å². The van der Waals surface area contributed by atoms with Crippen molar-refractivity contribution in [3.8, 4) is 18.4 Å². The lowest BCUT2D eigenvalue weighted by molar-refractivity contribution is 0.172. The molecule has 0 fully saturated rings. The number of benzene rings is 1. The first-order chi connectivity index (χ1) is 8.21.